The van der Waals surface area contributed by atoms with Crippen molar-refractivity contribution in [1.82, 2.24) is 9.78 Å². The standard InChI is InChI=1S/C18H16ClN3O2/c1-9-6-10-11(7-16(24)20-13(10)8-15(9)23)18-17-12(19)4-3-5-14(17)22(2)21-18/h3-6,8,11,23H,7H2,1-2H3,(H,20,24). The number of aromatic nitrogens is 2. The summed E-state index contributed by atoms with van der Waals surface area (Å²) < 4.78 is 1.79. The van der Waals surface area contributed by atoms with E-state index in [1.807, 2.05) is 38.2 Å². The minimum absolute atomic E-state index is 0.0957. The third-order valence-electron chi connectivity index (χ3n) is 4.59. The molecule has 1 amide bonds. The number of hydrogen-bond acceptors (Lipinski definition) is 3. The van der Waals surface area contributed by atoms with E-state index in [2.05, 4.69) is 10.4 Å². The zero-order valence-electron chi connectivity index (χ0n) is 13.3. The van der Waals surface area contributed by atoms with Gasteiger partial charge in [-0.3, -0.25) is 9.48 Å². The highest BCUT2D eigenvalue weighted by Gasteiger charge is 2.31. The number of nitrogens with zero attached hydrogens (tertiary/aromatic N) is 2. The van der Waals surface area contributed by atoms with Gasteiger partial charge in [-0.25, -0.2) is 0 Å². The first-order valence-corrected chi connectivity index (χ1v) is 8.08. The molecule has 0 radical (unpaired) electrons. The van der Waals surface area contributed by atoms with Gasteiger partial charge in [0.05, 0.1) is 16.2 Å². The fraction of sp³-hybridized carbons (Fsp3) is 0.222. The molecule has 0 aliphatic carbocycles. The number of rotatable bonds is 1. The Balaban J connectivity index is 1.99. The minimum Gasteiger partial charge on any atom is -0.508 e. The lowest BCUT2D eigenvalue weighted by atomic mass is 9.85. The van der Waals surface area contributed by atoms with E-state index in [1.165, 1.54) is 0 Å². The van der Waals surface area contributed by atoms with Crippen molar-refractivity contribution in [2.24, 2.45) is 7.05 Å². The number of phenols is 1. The maximum atomic E-state index is 12.2. The van der Waals surface area contributed by atoms with Crippen molar-refractivity contribution in [1.29, 1.82) is 0 Å². The van der Waals surface area contributed by atoms with Crippen LogP contribution in [0.1, 0.15) is 29.2 Å². The van der Waals surface area contributed by atoms with Crippen molar-refractivity contribution < 1.29 is 9.90 Å². The largest absolute Gasteiger partial charge is 0.508 e. The summed E-state index contributed by atoms with van der Waals surface area (Å²) in [5, 5.41) is 18.9. The molecule has 2 N–H and O–H groups in total. The Labute approximate surface area is 143 Å². The number of halogens is 1. The highest BCUT2D eigenvalue weighted by molar-refractivity contribution is 6.35. The van der Waals surface area contributed by atoms with Crippen molar-refractivity contribution in [3.63, 3.8) is 0 Å². The number of aryl methyl sites for hydroxylation is 2. The molecule has 0 spiro atoms. The number of phenolic OH excluding ortho intramolecular Hbond substituents is 1. The molecule has 24 heavy (non-hydrogen) atoms. The molecule has 4 rings (SSSR count). The molecule has 5 nitrogen and oxygen atoms in total. The van der Waals surface area contributed by atoms with Crippen LogP contribution in [0.2, 0.25) is 5.02 Å². The van der Waals surface area contributed by atoms with Crippen molar-refractivity contribution in [3.05, 3.63) is 52.2 Å². The molecule has 122 valence electrons. The lowest BCUT2D eigenvalue weighted by molar-refractivity contribution is -0.116. The Morgan fingerprint density at radius 2 is 2.17 bits per heavy atom. The fourth-order valence-electron chi connectivity index (χ4n) is 3.40. The number of carbonyl (C=O) groups excluding carboxylic acids is 1. The number of carbonyl (C=O) groups is 1. The van der Waals surface area contributed by atoms with Crippen LogP contribution >= 0.6 is 11.6 Å². The van der Waals surface area contributed by atoms with E-state index in [0.29, 0.717) is 17.1 Å². The number of hydrogen-bond donors (Lipinski definition) is 2. The zero-order valence-corrected chi connectivity index (χ0v) is 14.1. The summed E-state index contributed by atoms with van der Waals surface area (Å²) >= 11 is 6.42. The third kappa shape index (κ3) is 2.16. The summed E-state index contributed by atoms with van der Waals surface area (Å²) in [6.07, 6.45) is 0.300. The third-order valence-corrected chi connectivity index (χ3v) is 4.91. The summed E-state index contributed by atoms with van der Waals surface area (Å²) in [7, 11) is 1.87. The predicted octanol–water partition coefficient (Wildman–Crippen LogP) is 3.71. The lowest BCUT2D eigenvalue weighted by Crippen LogP contribution is -2.24. The van der Waals surface area contributed by atoms with Gasteiger partial charge in [0.1, 0.15) is 5.75 Å². The SMILES string of the molecule is Cc1cc2c(cc1O)NC(=O)CC2c1nn(C)c2cccc(Cl)c12. The van der Waals surface area contributed by atoms with Gasteiger partial charge in [-0.15, -0.1) is 0 Å². The van der Waals surface area contributed by atoms with Crippen LogP contribution < -0.4 is 5.32 Å². The molecule has 0 bridgehead atoms. The van der Waals surface area contributed by atoms with Gasteiger partial charge in [0.2, 0.25) is 5.91 Å². The van der Waals surface area contributed by atoms with E-state index in [9.17, 15) is 9.90 Å². The molecule has 3 aromatic rings. The van der Waals surface area contributed by atoms with Crippen LogP contribution in [-0.2, 0) is 11.8 Å². The van der Waals surface area contributed by atoms with E-state index in [0.717, 1.165) is 27.7 Å². The highest BCUT2D eigenvalue weighted by Crippen LogP contribution is 2.42. The van der Waals surface area contributed by atoms with Crippen LogP contribution in [0.3, 0.4) is 0 Å². The van der Waals surface area contributed by atoms with Crippen LogP contribution in [0, 0.1) is 6.92 Å². The average Bonchev–Trinajstić information content (AvgIpc) is 2.87. The van der Waals surface area contributed by atoms with Crippen LogP contribution in [0.15, 0.2) is 30.3 Å². The van der Waals surface area contributed by atoms with E-state index < -0.39 is 0 Å². The van der Waals surface area contributed by atoms with Crippen molar-refractivity contribution in [3.8, 4) is 5.75 Å². The first-order valence-electron chi connectivity index (χ1n) is 7.70. The molecule has 1 atom stereocenters. The molecular formula is C18H16ClN3O2. The summed E-state index contributed by atoms with van der Waals surface area (Å²) in [5.41, 5.74) is 4.07. The number of benzene rings is 2. The van der Waals surface area contributed by atoms with Crippen molar-refractivity contribution in [2.45, 2.75) is 19.3 Å². The van der Waals surface area contributed by atoms with Gasteiger partial charge in [0.15, 0.2) is 0 Å². The minimum atomic E-state index is -0.198. The number of anilines is 1. The summed E-state index contributed by atoms with van der Waals surface area (Å²) in [5.74, 6) is -0.128. The van der Waals surface area contributed by atoms with Crippen molar-refractivity contribution >= 4 is 34.1 Å². The van der Waals surface area contributed by atoms with Crippen molar-refractivity contribution in [2.75, 3.05) is 5.32 Å². The Kier molecular flexibility index (Phi) is 3.28. The monoisotopic (exact) mass is 341 g/mol. The number of amides is 1. The van der Waals surface area contributed by atoms with Gasteiger partial charge in [-0.1, -0.05) is 17.7 Å². The maximum absolute atomic E-state index is 12.2. The summed E-state index contributed by atoms with van der Waals surface area (Å²) in [4.78, 5) is 12.2. The highest BCUT2D eigenvalue weighted by atomic mass is 35.5. The summed E-state index contributed by atoms with van der Waals surface area (Å²) in [6, 6.07) is 9.19. The van der Waals surface area contributed by atoms with E-state index in [1.54, 1.807) is 10.7 Å². The van der Waals surface area contributed by atoms with Gasteiger partial charge in [0.25, 0.3) is 0 Å². The maximum Gasteiger partial charge on any atom is 0.225 e. The quantitative estimate of drug-likeness (QED) is 0.709. The van der Waals surface area contributed by atoms with Gasteiger partial charge in [-0.2, -0.15) is 5.10 Å². The molecule has 2 aromatic carbocycles. The first kappa shape index (κ1) is 15.0. The second kappa shape index (κ2) is 5.24. The number of fused-ring (bicyclic) bond motifs is 2. The lowest BCUT2D eigenvalue weighted by Gasteiger charge is -2.25. The number of nitrogens with one attached hydrogen (secondary N) is 1. The molecule has 1 aliphatic rings. The average molecular weight is 342 g/mol. The van der Waals surface area contributed by atoms with Crippen LogP contribution in [0.5, 0.6) is 5.75 Å². The molecule has 0 saturated heterocycles. The fourth-order valence-corrected chi connectivity index (χ4v) is 3.67. The van der Waals surface area contributed by atoms with Crippen LogP contribution in [0.4, 0.5) is 5.69 Å². The normalized spacial score (nSPS) is 17.0. The van der Waals surface area contributed by atoms with Gasteiger partial charge >= 0.3 is 0 Å². The molecule has 2 heterocycles. The Morgan fingerprint density at radius 3 is 2.96 bits per heavy atom. The van der Waals surface area contributed by atoms with Crippen LogP contribution in [0.25, 0.3) is 10.9 Å². The molecule has 1 aromatic heterocycles. The second-order valence-electron chi connectivity index (χ2n) is 6.17. The van der Waals surface area contributed by atoms with Gasteiger partial charge < -0.3 is 10.4 Å². The molecule has 0 fully saturated rings. The van der Waals surface area contributed by atoms with E-state index in [-0.39, 0.29) is 17.6 Å². The Bertz CT molecular complexity index is 994. The molecule has 1 aliphatic heterocycles. The zero-order chi connectivity index (χ0) is 17.0. The molecule has 0 saturated carbocycles. The van der Waals surface area contributed by atoms with E-state index >= 15 is 0 Å². The first-order chi connectivity index (χ1) is 11.5. The second-order valence-corrected chi connectivity index (χ2v) is 6.58. The van der Waals surface area contributed by atoms with Gasteiger partial charge in [0, 0.05) is 36.5 Å². The predicted molar refractivity (Wildman–Crippen MR) is 93.7 cm³/mol. The summed E-state index contributed by atoms with van der Waals surface area (Å²) in [6.45, 7) is 1.84. The molecule has 1 unspecified atom stereocenters. The van der Waals surface area contributed by atoms with Crippen LogP contribution in [-0.4, -0.2) is 20.8 Å². The molecule has 6 heteroatoms. The number of aromatic hydroxyl groups is 1. The van der Waals surface area contributed by atoms with Gasteiger partial charge in [-0.05, 0) is 36.2 Å². The topological polar surface area (TPSA) is 67.2 Å². The molecular weight excluding hydrogens is 326 g/mol. The smallest absolute Gasteiger partial charge is 0.225 e. The Morgan fingerprint density at radius 1 is 1.38 bits per heavy atom. The Hall–Kier alpha value is -2.53. The van der Waals surface area contributed by atoms with E-state index in [4.69, 9.17) is 11.6 Å².